The summed E-state index contributed by atoms with van der Waals surface area (Å²) in [6.07, 6.45) is 1.14. The maximum atomic E-state index is 4.55. The third-order valence-electron chi connectivity index (χ3n) is 2.07. The van der Waals surface area contributed by atoms with Gasteiger partial charge in [0.15, 0.2) is 0 Å². The Morgan fingerprint density at radius 1 is 1.46 bits per heavy atom. The first kappa shape index (κ1) is 7.53. The maximum absolute atomic E-state index is 4.55. The van der Waals surface area contributed by atoms with Gasteiger partial charge < -0.3 is 5.32 Å². The van der Waals surface area contributed by atoms with E-state index in [0.29, 0.717) is 0 Å². The monoisotopic (exact) mass is 208 g/mol. The van der Waals surface area contributed by atoms with Gasteiger partial charge in [0.1, 0.15) is 10.8 Å². The topological polar surface area (TPSA) is 24.9 Å². The van der Waals surface area contributed by atoms with Crippen LogP contribution in [-0.2, 0) is 6.42 Å². The zero-order valence-corrected chi connectivity index (χ0v) is 8.54. The van der Waals surface area contributed by atoms with Crippen LogP contribution in [0.1, 0.15) is 4.88 Å². The lowest BCUT2D eigenvalue weighted by atomic mass is 10.4. The molecule has 4 heteroatoms. The molecule has 1 aliphatic heterocycles. The molecular formula is C9H8N2S2. The van der Waals surface area contributed by atoms with Gasteiger partial charge in [-0.25, -0.2) is 4.98 Å². The normalized spacial score (nSPS) is 14.2. The smallest absolute Gasteiger partial charge is 0.141 e. The standard InChI is InChI=1S/C9H8N2S2/c1-2-7(12-5-1)9-11-8-6(13-9)3-4-10-8/h1-2,5,10H,3-4H2. The highest BCUT2D eigenvalue weighted by Crippen LogP contribution is 2.35. The Balaban J connectivity index is 2.08. The largest absolute Gasteiger partial charge is 0.369 e. The van der Waals surface area contributed by atoms with Crippen molar-refractivity contribution in [3.8, 4) is 9.88 Å². The lowest BCUT2D eigenvalue weighted by Crippen LogP contribution is -1.93. The molecule has 0 spiro atoms. The van der Waals surface area contributed by atoms with E-state index in [1.807, 2.05) is 11.3 Å². The number of hydrogen-bond donors (Lipinski definition) is 1. The van der Waals surface area contributed by atoms with E-state index in [2.05, 4.69) is 27.8 Å². The maximum Gasteiger partial charge on any atom is 0.141 e. The van der Waals surface area contributed by atoms with Gasteiger partial charge >= 0.3 is 0 Å². The van der Waals surface area contributed by atoms with Gasteiger partial charge in [0.05, 0.1) is 9.75 Å². The Morgan fingerprint density at radius 2 is 2.46 bits per heavy atom. The summed E-state index contributed by atoms with van der Waals surface area (Å²) in [6.45, 7) is 1.05. The van der Waals surface area contributed by atoms with Crippen molar-refractivity contribution in [3.05, 3.63) is 22.4 Å². The van der Waals surface area contributed by atoms with Gasteiger partial charge in [-0.1, -0.05) is 6.07 Å². The van der Waals surface area contributed by atoms with Crippen LogP contribution in [0.2, 0.25) is 0 Å². The summed E-state index contributed by atoms with van der Waals surface area (Å²) >= 11 is 3.57. The Kier molecular flexibility index (Phi) is 1.63. The fourth-order valence-electron chi connectivity index (χ4n) is 1.46. The van der Waals surface area contributed by atoms with Gasteiger partial charge in [0.25, 0.3) is 0 Å². The van der Waals surface area contributed by atoms with Crippen LogP contribution in [0, 0.1) is 0 Å². The van der Waals surface area contributed by atoms with E-state index in [1.54, 1.807) is 11.3 Å². The summed E-state index contributed by atoms with van der Waals surface area (Å²) < 4.78 is 0. The number of nitrogens with one attached hydrogen (secondary N) is 1. The molecule has 2 aromatic heterocycles. The minimum absolute atomic E-state index is 1.05. The van der Waals surface area contributed by atoms with Crippen molar-refractivity contribution in [2.45, 2.75) is 6.42 Å². The summed E-state index contributed by atoms with van der Waals surface area (Å²) in [5, 5.41) is 6.54. The molecule has 1 aliphatic rings. The van der Waals surface area contributed by atoms with E-state index >= 15 is 0 Å². The Hall–Kier alpha value is -0.870. The predicted molar refractivity (Wildman–Crippen MR) is 57.6 cm³/mol. The van der Waals surface area contributed by atoms with Crippen LogP contribution in [0.25, 0.3) is 9.88 Å². The number of thiophene rings is 1. The number of anilines is 1. The molecule has 0 fully saturated rings. The van der Waals surface area contributed by atoms with E-state index in [0.717, 1.165) is 23.8 Å². The highest BCUT2D eigenvalue weighted by atomic mass is 32.1. The van der Waals surface area contributed by atoms with Gasteiger partial charge in [-0.05, 0) is 11.4 Å². The van der Waals surface area contributed by atoms with Crippen LogP contribution < -0.4 is 5.32 Å². The molecular weight excluding hydrogens is 200 g/mol. The first-order chi connectivity index (χ1) is 6.43. The second-order valence-electron chi connectivity index (χ2n) is 2.94. The SMILES string of the molecule is c1csc(-c2nc3c(s2)CCN3)c1. The van der Waals surface area contributed by atoms with Crippen molar-refractivity contribution in [2.75, 3.05) is 11.9 Å². The van der Waals surface area contributed by atoms with Crippen LogP contribution in [0.3, 0.4) is 0 Å². The first-order valence-electron chi connectivity index (χ1n) is 4.21. The van der Waals surface area contributed by atoms with Crippen molar-refractivity contribution < 1.29 is 0 Å². The van der Waals surface area contributed by atoms with E-state index in [-0.39, 0.29) is 0 Å². The Labute approximate surface area is 84.3 Å². The lowest BCUT2D eigenvalue weighted by molar-refractivity contribution is 1.12. The molecule has 0 aliphatic carbocycles. The minimum atomic E-state index is 1.05. The fourth-order valence-corrected chi connectivity index (χ4v) is 3.29. The third-order valence-corrected chi connectivity index (χ3v) is 4.23. The molecule has 1 N–H and O–H groups in total. The zero-order valence-electron chi connectivity index (χ0n) is 6.91. The molecule has 2 nitrogen and oxygen atoms in total. The molecule has 0 amide bonds. The van der Waals surface area contributed by atoms with Crippen LogP contribution >= 0.6 is 22.7 Å². The van der Waals surface area contributed by atoms with Gasteiger partial charge in [0, 0.05) is 13.0 Å². The quantitative estimate of drug-likeness (QED) is 0.779. The highest BCUT2D eigenvalue weighted by molar-refractivity contribution is 7.21. The van der Waals surface area contributed by atoms with Crippen LogP contribution in [0.4, 0.5) is 5.82 Å². The van der Waals surface area contributed by atoms with E-state index in [9.17, 15) is 0 Å². The molecule has 0 unspecified atom stereocenters. The third kappa shape index (κ3) is 1.17. The molecule has 2 aromatic rings. The Morgan fingerprint density at radius 3 is 3.23 bits per heavy atom. The molecule has 3 rings (SSSR count). The molecule has 0 radical (unpaired) electrons. The number of aromatic nitrogens is 1. The molecule has 66 valence electrons. The number of nitrogens with zero attached hydrogens (tertiary/aromatic N) is 1. The predicted octanol–water partition coefficient (Wildman–Crippen LogP) is 2.84. The molecule has 13 heavy (non-hydrogen) atoms. The number of rotatable bonds is 1. The lowest BCUT2D eigenvalue weighted by Gasteiger charge is -1.90. The summed E-state index contributed by atoms with van der Waals surface area (Å²) in [6, 6.07) is 4.19. The number of thiazole rings is 1. The molecule has 0 bridgehead atoms. The van der Waals surface area contributed by atoms with Gasteiger partial charge in [0.2, 0.25) is 0 Å². The number of hydrogen-bond acceptors (Lipinski definition) is 4. The molecule has 3 heterocycles. The van der Waals surface area contributed by atoms with Crippen molar-refractivity contribution in [3.63, 3.8) is 0 Å². The van der Waals surface area contributed by atoms with Gasteiger partial charge in [-0.15, -0.1) is 22.7 Å². The minimum Gasteiger partial charge on any atom is -0.369 e. The zero-order chi connectivity index (χ0) is 8.67. The van der Waals surface area contributed by atoms with Crippen LogP contribution in [-0.4, -0.2) is 11.5 Å². The fraction of sp³-hybridized carbons (Fsp3) is 0.222. The van der Waals surface area contributed by atoms with E-state index in [1.165, 1.54) is 9.75 Å². The Bertz CT molecular complexity index is 395. The molecule has 0 saturated carbocycles. The van der Waals surface area contributed by atoms with Crippen molar-refractivity contribution in [1.82, 2.24) is 4.98 Å². The average Bonchev–Trinajstić information content (AvgIpc) is 2.78. The molecule has 0 saturated heterocycles. The summed E-state index contributed by atoms with van der Waals surface area (Å²) in [7, 11) is 0. The van der Waals surface area contributed by atoms with Gasteiger partial charge in [-0.3, -0.25) is 0 Å². The van der Waals surface area contributed by atoms with Crippen molar-refractivity contribution in [2.24, 2.45) is 0 Å². The summed E-state index contributed by atoms with van der Waals surface area (Å²) in [5.74, 6) is 1.11. The summed E-state index contributed by atoms with van der Waals surface area (Å²) in [4.78, 5) is 7.24. The average molecular weight is 208 g/mol. The van der Waals surface area contributed by atoms with Crippen molar-refractivity contribution >= 4 is 28.5 Å². The van der Waals surface area contributed by atoms with E-state index in [4.69, 9.17) is 0 Å². The second-order valence-corrected chi connectivity index (χ2v) is 4.98. The van der Waals surface area contributed by atoms with E-state index < -0.39 is 0 Å². The van der Waals surface area contributed by atoms with Gasteiger partial charge in [-0.2, -0.15) is 0 Å². The highest BCUT2D eigenvalue weighted by Gasteiger charge is 2.16. The van der Waals surface area contributed by atoms with Crippen LogP contribution in [0.15, 0.2) is 17.5 Å². The second kappa shape index (κ2) is 2.82. The molecule has 0 atom stereocenters. The first-order valence-corrected chi connectivity index (χ1v) is 5.90. The summed E-state index contributed by atoms with van der Waals surface area (Å²) in [5.41, 5.74) is 0. The van der Waals surface area contributed by atoms with Crippen molar-refractivity contribution in [1.29, 1.82) is 0 Å². The number of fused-ring (bicyclic) bond motifs is 1. The molecule has 0 aromatic carbocycles. The van der Waals surface area contributed by atoms with Crippen LogP contribution in [0.5, 0.6) is 0 Å².